The minimum absolute atomic E-state index is 0.00424. The van der Waals surface area contributed by atoms with E-state index >= 15 is 0 Å². The number of ether oxygens (including phenoxy) is 1. The van der Waals surface area contributed by atoms with Crippen molar-refractivity contribution in [3.05, 3.63) is 24.3 Å². The maximum absolute atomic E-state index is 12.5. The standard InChI is InChI=1S/C65H125NO5/c1-3-5-7-9-11-13-15-17-19-21-25-29-33-37-41-45-49-53-57-63(68)62(61-67)66-64(69)58-54-50-46-42-38-34-30-26-23-24-28-32-36-40-44-48-52-56-60-71-65(70)59-55-51-47-43-39-35-31-27-22-20-18-16-14-12-10-8-6-4-2/h20,22,53,57,62-63,67-68H,3-19,21,23-52,54-56,58-61H2,1-2H3,(H,66,69)/b22-20-,57-53+. The Morgan fingerprint density at radius 1 is 0.380 bits per heavy atom. The van der Waals surface area contributed by atoms with Crippen LogP contribution in [0.3, 0.4) is 0 Å². The summed E-state index contributed by atoms with van der Waals surface area (Å²) in [6.07, 6.45) is 75.0. The van der Waals surface area contributed by atoms with Crippen molar-refractivity contribution in [3.8, 4) is 0 Å². The highest BCUT2D eigenvalue weighted by molar-refractivity contribution is 5.76. The Kier molecular flexibility index (Phi) is 59.5. The molecule has 0 aliphatic rings. The van der Waals surface area contributed by atoms with E-state index in [-0.39, 0.29) is 18.5 Å². The number of amides is 1. The second-order valence-corrected chi connectivity index (χ2v) is 22.1. The van der Waals surface area contributed by atoms with Crippen LogP contribution >= 0.6 is 0 Å². The van der Waals surface area contributed by atoms with Gasteiger partial charge in [-0.2, -0.15) is 0 Å². The molecule has 3 N–H and O–H groups in total. The number of aliphatic hydroxyl groups is 2. The van der Waals surface area contributed by atoms with Crippen molar-refractivity contribution in [2.24, 2.45) is 0 Å². The normalized spacial score (nSPS) is 12.7. The summed E-state index contributed by atoms with van der Waals surface area (Å²) in [7, 11) is 0. The summed E-state index contributed by atoms with van der Waals surface area (Å²) < 4.78 is 5.49. The fourth-order valence-corrected chi connectivity index (χ4v) is 10.0. The molecule has 420 valence electrons. The van der Waals surface area contributed by atoms with Crippen LogP contribution in [-0.2, 0) is 14.3 Å². The van der Waals surface area contributed by atoms with Crippen molar-refractivity contribution in [3.63, 3.8) is 0 Å². The van der Waals surface area contributed by atoms with Gasteiger partial charge in [-0.05, 0) is 57.8 Å². The van der Waals surface area contributed by atoms with Gasteiger partial charge in [-0.15, -0.1) is 0 Å². The lowest BCUT2D eigenvalue weighted by Crippen LogP contribution is -2.45. The summed E-state index contributed by atoms with van der Waals surface area (Å²) in [5.41, 5.74) is 0. The molecule has 0 fully saturated rings. The fourth-order valence-electron chi connectivity index (χ4n) is 10.0. The average molecular weight is 1000 g/mol. The van der Waals surface area contributed by atoms with E-state index in [0.29, 0.717) is 19.4 Å². The molecule has 0 heterocycles. The molecule has 6 nitrogen and oxygen atoms in total. The van der Waals surface area contributed by atoms with E-state index in [2.05, 4.69) is 31.3 Å². The predicted molar refractivity (Wildman–Crippen MR) is 310 cm³/mol. The van der Waals surface area contributed by atoms with Crippen LogP contribution in [0.4, 0.5) is 0 Å². The summed E-state index contributed by atoms with van der Waals surface area (Å²) in [5, 5.41) is 23.2. The maximum atomic E-state index is 12.5. The zero-order valence-electron chi connectivity index (χ0n) is 48.0. The number of esters is 1. The molecule has 0 aromatic heterocycles. The number of unbranched alkanes of at least 4 members (excludes halogenated alkanes) is 47. The van der Waals surface area contributed by atoms with Gasteiger partial charge in [0, 0.05) is 12.8 Å². The Morgan fingerprint density at radius 2 is 0.662 bits per heavy atom. The summed E-state index contributed by atoms with van der Waals surface area (Å²) in [6, 6.07) is -0.631. The van der Waals surface area contributed by atoms with Crippen LogP contribution in [-0.4, -0.2) is 47.4 Å². The van der Waals surface area contributed by atoms with E-state index in [1.807, 2.05) is 6.08 Å². The third-order valence-corrected chi connectivity index (χ3v) is 15.0. The third-order valence-electron chi connectivity index (χ3n) is 15.0. The van der Waals surface area contributed by atoms with Crippen LogP contribution in [0.1, 0.15) is 354 Å². The fraction of sp³-hybridized carbons (Fsp3) is 0.908. The van der Waals surface area contributed by atoms with E-state index in [1.165, 1.54) is 283 Å². The highest BCUT2D eigenvalue weighted by Gasteiger charge is 2.18. The minimum atomic E-state index is -0.848. The molecule has 0 saturated carbocycles. The minimum Gasteiger partial charge on any atom is -0.466 e. The zero-order chi connectivity index (χ0) is 51.4. The van der Waals surface area contributed by atoms with E-state index in [4.69, 9.17) is 4.74 Å². The van der Waals surface area contributed by atoms with Gasteiger partial charge in [-0.3, -0.25) is 9.59 Å². The van der Waals surface area contributed by atoms with Crippen LogP contribution < -0.4 is 5.32 Å². The Labute approximate surface area is 443 Å². The second kappa shape index (κ2) is 60.9. The molecule has 0 radical (unpaired) electrons. The number of nitrogens with one attached hydrogen (secondary N) is 1. The van der Waals surface area contributed by atoms with Crippen molar-refractivity contribution in [2.45, 2.75) is 366 Å². The number of hydrogen-bond acceptors (Lipinski definition) is 5. The number of hydrogen-bond donors (Lipinski definition) is 3. The third kappa shape index (κ3) is 57.5. The molecule has 2 atom stereocenters. The molecule has 0 spiro atoms. The Balaban J connectivity index is 3.42. The van der Waals surface area contributed by atoms with Crippen LogP contribution in [0.2, 0.25) is 0 Å². The molecule has 2 unspecified atom stereocenters. The maximum Gasteiger partial charge on any atom is 0.305 e. The molecule has 0 aliphatic carbocycles. The molecule has 0 saturated heterocycles. The molecule has 0 aromatic rings. The quantitative estimate of drug-likeness (QED) is 0.0320. The lowest BCUT2D eigenvalue weighted by Gasteiger charge is -2.20. The first-order valence-electron chi connectivity index (χ1n) is 32.1. The first kappa shape index (κ1) is 69.3. The van der Waals surface area contributed by atoms with E-state index < -0.39 is 12.1 Å². The summed E-state index contributed by atoms with van der Waals surface area (Å²) >= 11 is 0. The molecular formula is C65H125NO5. The smallest absolute Gasteiger partial charge is 0.305 e. The first-order valence-corrected chi connectivity index (χ1v) is 32.1. The number of aliphatic hydroxyl groups excluding tert-OH is 2. The predicted octanol–water partition coefficient (Wildman–Crippen LogP) is 20.2. The molecule has 6 heteroatoms. The van der Waals surface area contributed by atoms with Crippen LogP contribution in [0, 0.1) is 0 Å². The van der Waals surface area contributed by atoms with E-state index in [0.717, 1.165) is 44.9 Å². The number of carbonyl (C=O) groups excluding carboxylic acids is 2. The van der Waals surface area contributed by atoms with Gasteiger partial charge in [0.05, 0.1) is 25.4 Å². The number of allylic oxidation sites excluding steroid dienone is 3. The SMILES string of the molecule is CCCCCCCCC/C=C\CCCCCCCCCC(=O)OCCCCCCCCCCCCCCCCCCCCC(=O)NC(CO)C(O)/C=C/CCCCCCCCCCCCCCCCCC. The largest absolute Gasteiger partial charge is 0.466 e. The molecule has 0 rings (SSSR count). The van der Waals surface area contributed by atoms with Gasteiger partial charge < -0.3 is 20.3 Å². The second-order valence-electron chi connectivity index (χ2n) is 22.1. The molecule has 0 bridgehead atoms. The summed E-state index contributed by atoms with van der Waals surface area (Å²) in [4.78, 5) is 24.6. The van der Waals surface area contributed by atoms with Crippen molar-refractivity contribution < 1.29 is 24.5 Å². The molecule has 71 heavy (non-hydrogen) atoms. The lowest BCUT2D eigenvalue weighted by atomic mass is 10.0. The Morgan fingerprint density at radius 3 is 1.00 bits per heavy atom. The Hall–Kier alpha value is -1.66. The first-order chi connectivity index (χ1) is 35.0. The van der Waals surface area contributed by atoms with Crippen molar-refractivity contribution in [1.29, 1.82) is 0 Å². The zero-order valence-corrected chi connectivity index (χ0v) is 48.0. The highest BCUT2D eigenvalue weighted by atomic mass is 16.5. The van der Waals surface area contributed by atoms with E-state index in [1.54, 1.807) is 6.08 Å². The van der Waals surface area contributed by atoms with Crippen LogP contribution in [0.25, 0.3) is 0 Å². The van der Waals surface area contributed by atoms with Crippen LogP contribution in [0.15, 0.2) is 24.3 Å². The van der Waals surface area contributed by atoms with Gasteiger partial charge in [0.2, 0.25) is 5.91 Å². The topological polar surface area (TPSA) is 95.9 Å². The van der Waals surface area contributed by atoms with Gasteiger partial charge in [0.25, 0.3) is 0 Å². The van der Waals surface area contributed by atoms with Crippen molar-refractivity contribution in [2.75, 3.05) is 13.2 Å². The molecular weight excluding hydrogens is 875 g/mol. The van der Waals surface area contributed by atoms with Gasteiger partial charge >= 0.3 is 5.97 Å². The van der Waals surface area contributed by atoms with E-state index in [9.17, 15) is 19.8 Å². The Bertz CT molecular complexity index is 1110. The number of carbonyl (C=O) groups is 2. The molecule has 0 aromatic carbocycles. The van der Waals surface area contributed by atoms with Gasteiger partial charge in [-0.25, -0.2) is 0 Å². The van der Waals surface area contributed by atoms with Crippen molar-refractivity contribution in [1.82, 2.24) is 5.32 Å². The molecule has 1 amide bonds. The highest BCUT2D eigenvalue weighted by Crippen LogP contribution is 2.18. The average Bonchev–Trinajstić information content (AvgIpc) is 3.37. The molecule has 0 aliphatic heterocycles. The monoisotopic (exact) mass is 1000 g/mol. The van der Waals surface area contributed by atoms with Gasteiger partial charge in [0.1, 0.15) is 0 Å². The lowest BCUT2D eigenvalue weighted by molar-refractivity contribution is -0.143. The van der Waals surface area contributed by atoms with Gasteiger partial charge in [-0.1, -0.05) is 308 Å². The van der Waals surface area contributed by atoms with Crippen molar-refractivity contribution >= 4 is 11.9 Å². The van der Waals surface area contributed by atoms with Crippen LogP contribution in [0.5, 0.6) is 0 Å². The van der Waals surface area contributed by atoms with Gasteiger partial charge in [0.15, 0.2) is 0 Å². The summed E-state index contributed by atoms with van der Waals surface area (Å²) in [6.45, 7) is 4.92. The summed E-state index contributed by atoms with van der Waals surface area (Å²) in [5.74, 6) is -0.0650. The number of rotatable bonds is 60.